The summed E-state index contributed by atoms with van der Waals surface area (Å²) in [6, 6.07) is -0.293. The van der Waals surface area contributed by atoms with Crippen molar-refractivity contribution in [3.63, 3.8) is 0 Å². The van der Waals surface area contributed by atoms with Gasteiger partial charge < -0.3 is 4.74 Å². The van der Waals surface area contributed by atoms with E-state index in [9.17, 15) is 9.36 Å². The SMILES string of the molecule is COC[C@H]1[C@@H](OP=O)C(=O)N1P=N. The third kappa shape index (κ3) is 1.92. The molecule has 0 radical (unpaired) electrons. The number of carbonyl (C=O) groups is 1. The number of carbonyl (C=O) groups excluding carboxylic acids is 1. The second-order valence-corrected chi connectivity index (χ2v) is 3.40. The van der Waals surface area contributed by atoms with Gasteiger partial charge in [-0.2, -0.15) is 0 Å². The number of amides is 1. The summed E-state index contributed by atoms with van der Waals surface area (Å²) in [6.45, 7) is 0.289. The first kappa shape index (κ1) is 10.7. The predicted molar refractivity (Wildman–Crippen MR) is 44.6 cm³/mol. The zero-order chi connectivity index (χ0) is 9.84. The monoisotopic (exact) mass is 222 g/mol. The number of hydrogen-bond acceptors (Lipinski definition) is 5. The van der Waals surface area contributed by atoms with Gasteiger partial charge in [0.25, 0.3) is 5.91 Å². The lowest BCUT2D eigenvalue weighted by molar-refractivity contribution is -0.154. The molecule has 1 rings (SSSR count). The Labute approximate surface area is 78.2 Å². The lowest BCUT2D eigenvalue weighted by atomic mass is 10.0. The van der Waals surface area contributed by atoms with Crippen LogP contribution in [0.3, 0.4) is 0 Å². The fourth-order valence-electron chi connectivity index (χ4n) is 1.12. The molecule has 1 N–H and O–H groups in total. The van der Waals surface area contributed by atoms with Crippen LogP contribution < -0.4 is 0 Å². The van der Waals surface area contributed by atoms with Gasteiger partial charge in [-0.1, -0.05) is 0 Å². The van der Waals surface area contributed by atoms with Crippen molar-refractivity contribution in [3.05, 3.63) is 0 Å². The molecule has 6 nitrogen and oxygen atoms in total. The first-order chi connectivity index (χ1) is 6.26. The minimum Gasteiger partial charge on any atom is -0.382 e. The second kappa shape index (κ2) is 4.72. The van der Waals surface area contributed by atoms with Crippen molar-refractivity contribution in [3.8, 4) is 0 Å². The highest BCUT2D eigenvalue weighted by Crippen LogP contribution is 2.31. The van der Waals surface area contributed by atoms with Crippen LogP contribution in [-0.2, 0) is 18.6 Å². The molecule has 1 aliphatic heterocycles. The molecule has 1 fully saturated rings. The summed E-state index contributed by atoms with van der Waals surface area (Å²) in [7, 11) is 1.08. The lowest BCUT2D eigenvalue weighted by Gasteiger charge is -2.40. The van der Waals surface area contributed by atoms with Crippen molar-refractivity contribution >= 4 is 23.1 Å². The van der Waals surface area contributed by atoms with E-state index in [1.54, 1.807) is 0 Å². The molecule has 0 aromatic carbocycles. The highest BCUT2D eigenvalue weighted by atomic mass is 31.1. The van der Waals surface area contributed by atoms with E-state index in [2.05, 4.69) is 4.52 Å². The molecular formula is C5H8N2O4P2. The molecule has 13 heavy (non-hydrogen) atoms. The van der Waals surface area contributed by atoms with Gasteiger partial charge in [-0.25, -0.2) is 4.57 Å². The van der Waals surface area contributed by atoms with Crippen molar-refractivity contribution < 1.29 is 18.6 Å². The summed E-state index contributed by atoms with van der Waals surface area (Å²) in [5.74, 6) is -0.318. The first-order valence-corrected chi connectivity index (χ1v) is 5.02. The van der Waals surface area contributed by atoms with E-state index in [-0.39, 0.29) is 27.1 Å². The second-order valence-electron chi connectivity index (χ2n) is 2.41. The average Bonchev–Trinajstić information content (AvgIpc) is 2.14. The van der Waals surface area contributed by atoms with Gasteiger partial charge in [0, 0.05) is 7.11 Å². The molecule has 0 bridgehead atoms. The van der Waals surface area contributed by atoms with Gasteiger partial charge in [-0.05, 0) is 0 Å². The largest absolute Gasteiger partial charge is 0.382 e. The lowest BCUT2D eigenvalue weighted by Crippen LogP contribution is -2.62. The molecular weight excluding hydrogens is 214 g/mol. The number of hydrogen-bond donors (Lipinski definition) is 1. The molecule has 0 aromatic rings. The van der Waals surface area contributed by atoms with Crippen LogP contribution in [0.4, 0.5) is 0 Å². The Morgan fingerprint density at radius 3 is 2.85 bits per heavy atom. The van der Waals surface area contributed by atoms with Gasteiger partial charge in [-0.3, -0.25) is 19.2 Å². The minimum absolute atomic E-state index is 0.107. The molecule has 1 saturated heterocycles. The molecule has 1 heterocycles. The smallest absolute Gasteiger partial charge is 0.328 e. The molecule has 8 heteroatoms. The molecule has 0 saturated carbocycles. The first-order valence-electron chi connectivity index (χ1n) is 3.44. The van der Waals surface area contributed by atoms with Gasteiger partial charge in [0.05, 0.1) is 6.61 Å². The number of ether oxygens (including phenoxy) is 1. The molecule has 0 spiro atoms. The Bertz CT molecular complexity index is 237. The fourth-order valence-corrected chi connectivity index (χ4v) is 1.99. The summed E-state index contributed by atoms with van der Waals surface area (Å²) >= 11 is 0. The van der Waals surface area contributed by atoms with Crippen molar-refractivity contribution in [2.75, 3.05) is 13.7 Å². The van der Waals surface area contributed by atoms with E-state index in [4.69, 9.17) is 9.90 Å². The van der Waals surface area contributed by atoms with Gasteiger partial charge in [0.2, 0.25) is 0 Å². The number of nitrogens with zero attached hydrogens (tertiary/aromatic N) is 1. The maximum atomic E-state index is 11.1. The van der Waals surface area contributed by atoms with Crippen LogP contribution in [0.25, 0.3) is 0 Å². The van der Waals surface area contributed by atoms with E-state index in [1.165, 1.54) is 11.8 Å². The summed E-state index contributed by atoms with van der Waals surface area (Å²) in [5.41, 5.74) is 0. The molecule has 0 aromatic heterocycles. The molecule has 0 aliphatic carbocycles. The zero-order valence-corrected chi connectivity index (χ0v) is 8.63. The van der Waals surface area contributed by atoms with E-state index >= 15 is 0 Å². The van der Waals surface area contributed by atoms with E-state index in [0.717, 1.165) is 0 Å². The maximum absolute atomic E-state index is 11.1. The highest BCUT2D eigenvalue weighted by molar-refractivity contribution is 7.23. The Kier molecular flexibility index (Phi) is 3.88. The van der Waals surface area contributed by atoms with Gasteiger partial charge in [0.1, 0.15) is 14.6 Å². The Balaban J connectivity index is 2.59. The van der Waals surface area contributed by atoms with Crippen LogP contribution in [0.1, 0.15) is 0 Å². The minimum atomic E-state index is -0.725. The topological polar surface area (TPSA) is 79.7 Å². The quantitative estimate of drug-likeness (QED) is 0.557. The number of methoxy groups -OCH3 is 1. The fraction of sp³-hybridized carbons (Fsp3) is 0.800. The average molecular weight is 222 g/mol. The Morgan fingerprint density at radius 1 is 1.69 bits per heavy atom. The Hall–Kier alpha value is -0.410. The van der Waals surface area contributed by atoms with Gasteiger partial charge >= 0.3 is 8.69 Å². The molecule has 72 valence electrons. The van der Waals surface area contributed by atoms with Crippen molar-refractivity contribution in [2.45, 2.75) is 12.1 Å². The van der Waals surface area contributed by atoms with E-state index < -0.39 is 14.8 Å². The van der Waals surface area contributed by atoms with Crippen LogP contribution in [0.5, 0.6) is 0 Å². The van der Waals surface area contributed by atoms with Crippen molar-refractivity contribution in [2.24, 2.45) is 0 Å². The predicted octanol–water partition coefficient (Wildman–Crippen LogP) is 1.06. The summed E-state index contributed by atoms with van der Waals surface area (Å²) in [5, 5.41) is 7.01. The standard InChI is InChI=1S/C5H8N2O4P2/c1-10-2-3-4(11-13-9)5(8)7(3)12-6/h3-4,6H,2H2,1H3/t3-,4+/m0/s1. The summed E-state index contributed by atoms with van der Waals surface area (Å²) in [4.78, 5) is 11.1. The summed E-state index contributed by atoms with van der Waals surface area (Å²) in [6.07, 6.45) is -0.725. The van der Waals surface area contributed by atoms with Crippen molar-refractivity contribution in [1.29, 1.82) is 5.16 Å². The third-order valence-corrected chi connectivity index (χ3v) is 2.76. The van der Waals surface area contributed by atoms with Crippen LogP contribution in [0.15, 0.2) is 0 Å². The highest BCUT2D eigenvalue weighted by Gasteiger charge is 2.48. The van der Waals surface area contributed by atoms with Gasteiger partial charge in [-0.15, -0.1) is 0 Å². The third-order valence-electron chi connectivity index (χ3n) is 1.73. The normalized spacial score (nSPS) is 28.1. The number of rotatable bonds is 5. The van der Waals surface area contributed by atoms with E-state index in [1.807, 2.05) is 0 Å². The maximum Gasteiger partial charge on any atom is 0.328 e. The van der Waals surface area contributed by atoms with Gasteiger partial charge in [0.15, 0.2) is 6.10 Å². The molecule has 0 unspecified atom stereocenters. The van der Waals surface area contributed by atoms with Crippen LogP contribution >= 0.6 is 17.2 Å². The van der Waals surface area contributed by atoms with E-state index in [0.29, 0.717) is 0 Å². The van der Waals surface area contributed by atoms with Crippen LogP contribution in [0, 0.1) is 5.16 Å². The number of β-lactam (4-membered cyclic amide) rings is 1. The molecule has 1 aliphatic rings. The van der Waals surface area contributed by atoms with Crippen molar-refractivity contribution in [1.82, 2.24) is 4.67 Å². The molecule has 2 atom stereocenters. The summed E-state index contributed by atoms with van der Waals surface area (Å²) < 4.78 is 20.9. The van der Waals surface area contributed by atoms with Crippen LogP contribution in [0.2, 0.25) is 0 Å². The van der Waals surface area contributed by atoms with Crippen LogP contribution in [-0.4, -0.2) is 36.4 Å². The zero-order valence-electron chi connectivity index (χ0n) is 6.84. The molecule has 1 amide bonds. The number of nitrogens with one attached hydrogen (secondary N) is 1. The Morgan fingerprint density at radius 2 is 2.38 bits per heavy atom.